The third-order valence-electron chi connectivity index (χ3n) is 2.85. The summed E-state index contributed by atoms with van der Waals surface area (Å²) in [4.78, 5) is 0. The Labute approximate surface area is 90.4 Å². The molecule has 0 radical (unpaired) electrons. The number of alkyl halides is 1. The molecule has 0 bridgehead atoms. The zero-order chi connectivity index (χ0) is 9.68. The molecule has 0 aliphatic heterocycles. The molecule has 78 valence electrons. The van der Waals surface area contributed by atoms with Crippen LogP contribution in [0.3, 0.4) is 0 Å². The monoisotopic (exact) mass is 248 g/mol. The van der Waals surface area contributed by atoms with Gasteiger partial charge in [0.1, 0.15) is 0 Å². The lowest BCUT2D eigenvalue weighted by molar-refractivity contribution is 0.0377. The van der Waals surface area contributed by atoms with E-state index in [0.717, 1.165) is 18.4 Å². The van der Waals surface area contributed by atoms with E-state index in [-0.39, 0.29) is 0 Å². The highest BCUT2D eigenvalue weighted by molar-refractivity contribution is 9.09. The molecule has 0 spiro atoms. The van der Waals surface area contributed by atoms with Gasteiger partial charge in [-0.25, -0.2) is 0 Å². The number of ether oxygens (including phenoxy) is 1. The fourth-order valence-corrected chi connectivity index (χ4v) is 2.53. The van der Waals surface area contributed by atoms with Crippen LogP contribution in [0.15, 0.2) is 0 Å². The van der Waals surface area contributed by atoms with Crippen LogP contribution in [-0.2, 0) is 4.74 Å². The van der Waals surface area contributed by atoms with Gasteiger partial charge in [-0.15, -0.1) is 0 Å². The van der Waals surface area contributed by atoms with E-state index in [0.29, 0.717) is 6.10 Å². The van der Waals surface area contributed by atoms with E-state index in [1.807, 2.05) is 0 Å². The normalized spacial score (nSPS) is 29.5. The van der Waals surface area contributed by atoms with E-state index in [1.54, 1.807) is 0 Å². The summed E-state index contributed by atoms with van der Waals surface area (Å²) < 4.78 is 5.64. The molecule has 0 aromatic carbocycles. The first-order valence-electron chi connectivity index (χ1n) is 5.40. The lowest BCUT2D eigenvalue weighted by Gasteiger charge is -2.27. The molecule has 0 aromatic rings. The number of rotatable bonds is 4. The molecule has 0 unspecified atom stereocenters. The van der Waals surface area contributed by atoms with Crippen LogP contribution in [0.2, 0.25) is 0 Å². The van der Waals surface area contributed by atoms with Gasteiger partial charge < -0.3 is 4.74 Å². The summed E-state index contributed by atoms with van der Waals surface area (Å²) in [5.41, 5.74) is 0. The Kier molecular flexibility index (Phi) is 5.34. The first kappa shape index (κ1) is 11.5. The lowest BCUT2D eigenvalue weighted by atomic mass is 9.83. The predicted molar refractivity (Wildman–Crippen MR) is 60.3 cm³/mol. The second-order valence-electron chi connectivity index (χ2n) is 4.42. The van der Waals surface area contributed by atoms with Crippen molar-refractivity contribution in [1.82, 2.24) is 0 Å². The van der Waals surface area contributed by atoms with Crippen molar-refractivity contribution in [2.45, 2.75) is 45.6 Å². The highest BCUT2D eigenvalue weighted by Crippen LogP contribution is 2.29. The molecule has 1 rings (SSSR count). The maximum Gasteiger partial charge on any atom is 0.0519 e. The van der Waals surface area contributed by atoms with Gasteiger partial charge in [0.15, 0.2) is 0 Å². The van der Waals surface area contributed by atoms with Gasteiger partial charge in [0, 0.05) is 11.9 Å². The molecule has 1 aliphatic rings. The summed E-state index contributed by atoms with van der Waals surface area (Å²) in [6.45, 7) is 5.21. The van der Waals surface area contributed by atoms with Gasteiger partial charge in [0.2, 0.25) is 0 Å². The van der Waals surface area contributed by atoms with Crippen molar-refractivity contribution in [2.24, 2.45) is 11.8 Å². The Morgan fingerprint density at radius 1 is 1.15 bits per heavy atom. The first-order valence-corrected chi connectivity index (χ1v) is 6.52. The van der Waals surface area contributed by atoms with Crippen molar-refractivity contribution in [3.63, 3.8) is 0 Å². The van der Waals surface area contributed by atoms with Crippen LogP contribution in [0, 0.1) is 11.8 Å². The van der Waals surface area contributed by atoms with Gasteiger partial charge in [0.25, 0.3) is 0 Å². The van der Waals surface area contributed by atoms with E-state index < -0.39 is 0 Å². The lowest BCUT2D eigenvalue weighted by Crippen LogP contribution is -2.20. The van der Waals surface area contributed by atoms with E-state index in [4.69, 9.17) is 4.74 Å². The smallest absolute Gasteiger partial charge is 0.0519 e. The molecule has 0 saturated heterocycles. The van der Waals surface area contributed by atoms with Gasteiger partial charge in [-0.3, -0.25) is 0 Å². The fraction of sp³-hybridized carbons (Fsp3) is 1.00. The summed E-state index contributed by atoms with van der Waals surface area (Å²) in [5, 5.41) is 1.19. The van der Waals surface area contributed by atoms with Crippen LogP contribution in [0.4, 0.5) is 0 Å². The van der Waals surface area contributed by atoms with Crippen molar-refractivity contribution in [3.8, 4) is 0 Å². The molecule has 0 aromatic heterocycles. The Hall–Kier alpha value is 0.440. The summed E-state index contributed by atoms with van der Waals surface area (Å²) in [5.74, 6) is 1.76. The van der Waals surface area contributed by atoms with Crippen LogP contribution < -0.4 is 0 Å². The maximum atomic E-state index is 5.64. The van der Waals surface area contributed by atoms with E-state index in [1.165, 1.54) is 31.0 Å². The highest BCUT2D eigenvalue weighted by Gasteiger charge is 2.20. The Morgan fingerprint density at radius 2 is 1.69 bits per heavy atom. The first-order chi connectivity index (χ1) is 6.22. The molecule has 1 saturated carbocycles. The van der Waals surface area contributed by atoms with Gasteiger partial charge in [-0.1, -0.05) is 15.9 Å². The second-order valence-corrected chi connectivity index (χ2v) is 5.07. The second kappa shape index (κ2) is 6.02. The van der Waals surface area contributed by atoms with Crippen molar-refractivity contribution in [2.75, 3.05) is 11.9 Å². The van der Waals surface area contributed by atoms with Crippen LogP contribution in [0.25, 0.3) is 0 Å². The quantitative estimate of drug-likeness (QED) is 0.691. The maximum absolute atomic E-state index is 5.64. The van der Waals surface area contributed by atoms with Crippen LogP contribution in [0.5, 0.6) is 0 Å². The molecular weight excluding hydrogens is 228 g/mol. The van der Waals surface area contributed by atoms with Crippen LogP contribution in [0.1, 0.15) is 39.5 Å². The summed E-state index contributed by atoms with van der Waals surface area (Å²) in [6, 6.07) is 0. The minimum atomic E-state index is 0.397. The molecule has 1 nitrogen and oxygen atoms in total. The Bertz CT molecular complexity index is 128. The average Bonchev–Trinajstić information content (AvgIpc) is 2.15. The third kappa shape index (κ3) is 4.46. The zero-order valence-electron chi connectivity index (χ0n) is 8.76. The van der Waals surface area contributed by atoms with E-state index >= 15 is 0 Å². The molecule has 0 amide bonds. The molecule has 0 atom stereocenters. The summed E-state index contributed by atoms with van der Waals surface area (Å²) in [6.07, 6.45) is 5.90. The molecular formula is C11H21BrO. The van der Waals surface area contributed by atoms with Gasteiger partial charge in [-0.05, 0) is 51.4 Å². The van der Waals surface area contributed by atoms with Crippen LogP contribution >= 0.6 is 15.9 Å². The fourth-order valence-electron chi connectivity index (χ4n) is 1.88. The molecule has 1 aliphatic carbocycles. The third-order valence-corrected chi connectivity index (χ3v) is 3.77. The minimum Gasteiger partial charge on any atom is -0.379 e. The predicted octanol–water partition coefficient (Wildman–Crippen LogP) is 3.61. The van der Waals surface area contributed by atoms with Gasteiger partial charge in [0.05, 0.1) is 6.10 Å². The Morgan fingerprint density at radius 3 is 2.15 bits per heavy atom. The Balaban J connectivity index is 2.10. The highest BCUT2D eigenvalue weighted by atomic mass is 79.9. The molecule has 0 N–H and O–H groups in total. The molecule has 13 heavy (non-hydrogen) atoms. The van der Waals surface area contributed by atoms with Crippen molar-refractivity contribution < 1.29 is 4.74 Å². The summed E-state index contributed by atoms with van der Waals surface area (Å²) >= 11 is 3.56. The van der Waals surface area contributed by atoms with Gasteiger partial charge >= 0.3 is 0 Å². The SMILES string of the molecule is CC(C)OCC1CCC(CBr)CC1. The van der Waals surface area contributed by atoms with Crippen molar-refractivity contribution in [1.29, 1.82) is 0 Å². The molecule has 0 heterocycles. The largest absolute Gasteiger partial charge is 0.379 e. The zero-order valence-corrected chi connectivity index (χ0v) is 10.3. The van der Waals surface area contributed by atoms with E-state index in [2.05, 4.69) is 29.8 Å². The molecule has 2 heteroatoms. The van der Waals surface area contributed by atoms with Crippen molar-refractivity contribution in [3.05, 3.63) is 0 Å². The number of halogens is 1. The topological polar surface area (TPSA) is 9.23 Å². The molecule has 1 fully saturated rings. The minimum absolute atomic E-state index is 0.397. The number of hydrogen-bond donors (Lipinski definition) is 0. The van der Waals surface area contributed by atoms with Crippen LogP contribution in [-0.4, -0.2) is 18.0 Å². The van der Waals surface area contributed by atoms with Crippen molar-refractivity contribution >= 4 is 15.9 Å². The number of hydrogen-bond acceptors (Lipinski definition) is 1. The average molecular weight is 249 g/mol. The summed E-state index contributed by atoms with van der Waals surface area (Å²) in [7, 11) is 0. The van der Waals surface area contributed by atoms with E-state index in [9.17, 15) is 0 Å². The van der Waals surface area contributed by atoms with Gasteiger partial charge in [-0.2, -0.15) is 0 Å². The standard InChI is InChI=1S/C11H21BrO/c1-9(2)13-8-11-5-3-10(7-12)4-6-11/h9-11H,3-8H2,1-2H3.